The molecule has 0 N–H and O–H groups in total. The lowest BCUT2D eigenvalue weighted by molar-refractivity contribution is -0.142. The fraction of sp³-hybridized carbons (Fsp3) is 0.565. The van der Waals surface area contributed by atoms with E-state index in [0.717, 1.165) is 40.8 Å². The number of hydrogen-bond donors (Lipinski definition) is 0. The molecule has 3 heterocycles. The molecular weight excluding hydrogens is 414 g/mol. The highest BCUT2D eigenvalue weighted by molar-refractivity contribution is 5.96. The number of aromatic nitrogens is 1. The molecule has 32 heavy (non-hydrogen) atoms. The van der Waals surface area contributed by atoms with Gasteiger partial charge in [-0.3, -0.25) is 9.78 Å². The SMILES string of the molecule is CCOC(=O)Cc1cncc2cc(N3CCOC(OC)C3)c(N3CCOC(OC)C3)cc12. The summed E-state index contributed by atoms with van der Waals surface area (Å²) in [6, 6.07) is 4.29. The molecule has 2 atom stereocenters. The Labute approximate surface area is 188 Å². The van der Waals surface area contributed by atoms with Crippen molar-refractivity contribution in [3.8, 4) is 0 Å². The fourth-order valence-electron chi connectivity index (χ4n) is 4.23. The summed E-state index contributed by atoms with van der Waals surface area (Å²) in [7, 11) is 3.32. The van der Waals surface area contributed by atoms with Crippen molar-refractivity contribution in [2.45, 2.75) is 25.9 Å². The van der Waals surface area contributed by atoms with Gasteiger partial charge in [0, 0.05) is 45.1 Å². The first-order valence-corrected chi connectivity index (χ1v) is 11.0. The molecule has 2 aliphatic heterocycles. The number of esters is 1. The summed E-state index contributed by atoms with van der Waals surface area (Å²) in [4.78, 5) is 21.1. The van der Waals surface area contributed by atoms with E-state index in [0.29, 0.717) is 32.9 Å². The molecular formula is C23H31N3O6. The smallest absolute Gasteiger partial charge is 0.310 e. The zero-order valence-electron chi connectivity index (χ0n) is 18.9. The molecule has 2 unspecified atom stereocenters. The van der Waals surface area contributed by atoms with Crippen molar-refractivity contribution in [3.05, 3.63) is 30.1 Å². The summed E-state index contributed by atoms with van der Waals surface area (Å²) in [5, 5.41) is 1.96. The number of carbonyl (C=O) groups excluding carboxylic acids is 1. The number of morpholine rings is 2. The lowest BCUT2D eigenvalue weighted by atomic mass is 10.0. The van der Waals surface area contributed by atoms with Crippen molar-refractivity contribution in [3.63, 3.8) is 0 Å². The van der Waals surface area contributed by atoms with Crippen LogP contribution in [-0.2, 0) is 34.9 Å². The van der Waals surface area contributed by atoms with E-state index in [1.165, 1.54) is 0 Å². The number of hydrogen-bond acceptors (Lipinski definition) is 9. The molecule has 2 aliphatic rings. The monoisotopic (exact) mass is 445 g/mol. The van der Waals surface area contributed by atoms with Crippen molar-refractivity contribution in [1.29, 1.82) is 0 Å². The van der Waals surface area contributed by atoms with Gasteiger partial charge < -0.3 is 33.5 Å². The molecule has 0 aliphatic carbocycles. The van der Waals surface area contributed by atoms with Crippen molar-refractivity contribution >= 4 is 28.1 Å². The number of benzene rings is 1. The van der Waals surface area contributed by atoms with E-state index in [4.69, 9.17) is 23.7 Å². The highest BCUT2D eigenvalue weighted by atomic mass is 16.7. The van der Waals surface area contributed by atoms with Crippen LogP contribution >= 0.6 is 0 Å². The molecule has 9 heteroatoms. The summed E-state index contributed by atoms with van der Waals surface area (Å²) in [6.07, 6.45) is 3.19. The standard InChI is InChI=1S/C23H31N3O6/c1-4-30-21(27)10-17-13-24-12-16-9-19(25-5-7-31-22(14-25)28-2)20(11-18(16)17)26-6-8-32-23(15-26)29-3/h9,11-13,22-23H,4-8,10,14-15H2,1-3H3. The number of fused-ring (bicyclic) bond motifs is 1. The first-order chi connectivity index (χ1) is 15.6. The number of ether oxygens (including phenoxy) is 5. The Hall–Kier alpha value is -2.46. The molecule has 2 aromatic rings. The van der Waals surface area contributed by atoms with Crippen molar-refractivity contribution in [2.24, 2.45) is 0 Å². The van der Waals surface area contributed by atoms with Crippen LogP contribution < -0.4 is 9.80 Å². The Kier molecular flexibility index (Phi) is 7.41. The summed E-state index contributed by atoms with van der Waals surface area (Å²) < 4.78 is 27.5. The van der Waals surface area contributed by atoms with E-state index < -0.39 is 0 Å². The van der Waals surface area contributed by atoms with Gasteiger partial charge in [-0.25, -0.2) is 0 Å². The molecule has 2 fully saturated rings. The van der Waals surface area contributed by atoms with Crippen LogP contribution in [0.2, 0.25) is 0 Å². The Morgan fingerprint density at radius 3 is 2.25 bits per heavy atom. The zero-order chi connectivity index (χ0) is 22.5. The highest BCUT2D eigenvalue weighted by Crippen LogP contribution is 2.37. The van der Waals surface area contributed by atoms with Crippen LogP contribution in [0.25, 0.3) is 10.8 Å². The third-order valence-electron chi connectivity index (χ3n) is 5.85. The second-order valence-electron chi connectivity index (χ2n) is 7.81. The quantitative estimate of drug-likeness (QED) is 0.594. The molecule has 9 nitrogen and oxygen atoms in total. The van der Waals surface area contributed by atoms with Gasteiger partial charge in [-0.05, 0) is 30.0 Å². The van der Waals surface area contributed by atoms with E-state index in [1.807, 2.05) is 13.1 Å². The van der Waals surface area contributed by atoms with Gasteiger partial charge in [-0.15, -0.1) is 0 Å². The highest BCUT2D eigenvalue weighted by Gasteiger charge is 2.28. The maximum Gasteiger partial charge on any atom is 0.310 e. The van der Waals surface area contributed by atoms with Crippen molar-refractivity contribution in [1.82, 2.24) is 4.98 Å². The number of nitrogens with zero attached hydrogens (tertiary/aromatic N) is 3. The van der Waals surface area contributed by atoms with Crippen LogP contribution in [0, 0.1) is 0 Å². The maximum atomic E-state index is 12.2. The molecule has 1 aromatic heterocycles. The van der Waals surface area contributed by atoms with Crippen LogP contribution in [0.5, 0.6) is 0 Å². The predicted molar refractivity (Wildman–Crippen MR) is 120 cm³/mol. The zero-order valence-corrected chi connectivity index (χ0v) is 18.9. The van der Waals surface area contributed by atoms with Gasteiger partial charge in [0.05, 0.1) is 50.7 Å². The molecule has 4 rings (SSSR count). The Morgan fingerprint density at radius 1 is 1.03 bits per heavy atom. The minimum Gasteiger partial charge on any atom is -0.466 e. The number of pyridine rings is 1. The van der Waals surface area contributed by atoms with Crippen molar-refractivity contribution < 1.29 is 28.5 Å². The normalized spacial score (nSPS) is 21.7. The number of methoxy groups -OCH3 is 2. The van der Waals surface area contributed by atoms with Crippen molar-refractivity contribution in [2.75, 3.05) is 70.0 Å². The second-order valence-corrected chi connectivity index (χ2v) is 7.81. The number of anilines is 2. The third-order valence-corrected chi connectivity index (χ3v) is 5.85. The van der Waals surface area contributed by atoms with E-state index in [-0.39, 0.29) is 25.0 Å². The molecule has 174 valence electrons. The van der Waals surface area contributed by atoms with Gasteiger partial charge in [0.2, 0.25) is 0 Å². The Morgan fingerprint density at radius 2 is 1.66 bits per heavy atom. The van der Waals surface area contributed by atoms with Gasteiger partial charge in [-0.1, -0.05) is 0 Å². The van der Waals surface area contributed by atoms with Gasteiger partial charge in [-0.2, -0.15) is 0 Å². The summed E-state index contributed by atoms with van der Waals surface area (Å²) >= 11 is 0. The average molecular weight is 446 g/mol. The van der Waals surface area contributed by atoms with Gasteiger partial charge in [0.25, 0.3) is 0 Å². The molecule has 0 amide bonds. The summed E-state index contributed by atoms with van der Waals surface area (Å²) in [6.45, 7) is 6.07. The minimum atomic E-state index is -0.292. The largest absolute Gasteiger partial charge is 0.466 e. The summed E-state index contributed by atoms with van der Waals surface area (Å²) in [5.41, 5.74) is 2.99. The van der Waals surface area contributed by atoms with Gasteiger partial charge in [0.1, 0.15) is 0 Å². The lowest BCUT2D eigenvalue weighted by Crippen LogP contribution is -2.46. The Balaban J connectivity index is 1.77. The Bertz CT molecular complexity index is 939. The molecule has 2 saturated heterocycles. The maximum absolute atomic E-state index is 12.2. The van der Waals surface area contributed by atoms with Crippen LogP contribution in [0.15, 0.2) is 24.5 Å². The first kappa shape index (κ1) is 22.7. The lowest BCUT2D eigenvalue weighted by Gasteiger charge is -2.39. The average Bonchev–Trinajstić information content (AvgIpc) is 2.83. The molecule has 0 spiro atoms. The third kappa shape index (κ3) is 4.96. The van der Waals surface area contributed by atoms with Crippen LogP contribution in [-0.4, -0.2) is 83.8 Å². The molecule has 0 bridgehead atoms. The number of rotatable bonds is 7. The summed E-state index contributed by atoms with van der Waals surface area (Å²) in [5.74, 6) is -0.255. The van der Waals surface area contributed by atoms with Gasteiger partial charge in [0.15, 0.2) is 12.6 Å². The molecule has 1 aromatic carbocycles. The second kappa shape index (κ2) is 10.4. The van der Waals surface area contributed by atoms with E-state index in [9.17, 15) is 4.79 Å². The molecule has 0 radical (unpaired) electrons. The van der Waals surface area contributed by atoms with E-state index in [1.54, 1.807) is 20.4 Å². The van der Waals surface area contributed by atoms with Crippen LogP contribution in [0.4, 0.5) is 11.4 Å². The van der Waals surface area contributed by atoms with Gasteiger partial charge >= 0.3 is 5.97 Å². The predicted octanol–water partition coefficient (Wildman–Crippen LogP) is 1.96. The van der Waals surface area contributed by atoms with Crippen LogP contribution in [0.1, 0.15) is 12.5 Å². The van der Waals surface area contributed by atoms with E-state index in [2.05, 4.69) is 26.9 Å². The van der Waals surface area contributed by atoms with Crippen LogP contribution in [0.3, 0.4) is 0 Å². The first-order valence-electron chi connectivity index (χ1n) is 11.0. The fourth-order valence-corrected chi connectivity index (χ4v) is 4.23. The minimum absolute atomic E-state index is 0.185. The number of carbonyl (C=O) groups is 1. The molecule has 0 saturated carbocycles. The topological polar surface area (TPSA) is 82.6 Å². The van der Waals surface area contributed by atoms with E-state index >= 15 is 0 Å².